The Morgan fingerprint density at radius 2 is 1.81 bits per heavy atom. The highest BCUT2D eigenvalue weighted by Crippen LogP contribution is 2.17. The quantitative estimate of drug-likeness (QED) is 0.807. The van der Waals surface area contributed by atoms with Crippen LogP contribution in [-0.2, 0) is 22.6 Å². The Kier molecular flexibility index (Phi) is 3.92. The Morgan fingerprint density at radius 3 is 2.67 bits per heavy atom. The Labute approximate surface area is 123 Å². The number of rotatable bonds is 3. The van der Waals surface area contributed by atoms with E-state index < -0.39 is 0 Å². The van der Waals surface area contributed by atoms with Crippen LogP contribution >= 0.6 is 0 Å². The Hall–Kier alpha value is -2.68. The molecular formula is C18H15NO2. The second-order valence-corrected chi connectivity index (χ2v) is 4.87. The predicted molar refractivity (Wildman–Crippen MR) is 82.1 cm³/mol. The molecule has 0 spiro atoms. The Morgan fingerprint density at radius 1 is 1.05 bits per heavy atom. The number of hydrogen-bond acceptors (Lipinski definition) is 3. The van der Waals surface area contributed by atoms with Gasteiger partial charge in [0, 0.05) is 18.8 Å². The van der Waals surface area contributed by atoms with E-state index in [0.29, 0.717) is 12.0 Å². The summed E-state index contributed by atoms with van der Waals surface area (Å²) >= 11 is 0. The first-order valence-electron chi connectivity index (χ1n) is 6.84. The Bertz CT molecular complexity index is 702. The first kappa shape index (κ1) is 13.3. The summed E-state index contributed by atoms with van der Waals surface area (Å²) in [7, 11) is 0. The van der Waals surface area contributed by atoms with E-state index in [-0.39, 0.29) is 12.6 Å². The highest BCUT2D eigenvalue weighted by molar-refractivity contribution is 5.92. The van der Waals surface area contributed by atoms with Crippen molar-refractivity contribution >= 4 is 12.2 Å². The molecule has 3 rings (SSSR count). The third kappa shape index (κ3) is 3.26. The third-order valence-electron chi connectivity index (χ3n) is 3.35. The van der Waals surface area contributed by atoms with Crippen LogP contribution in [-0.4, -0.2) is 12.2 Å². The lowest BCUT2D eigenvalue weighted by Gasteiger charge is -2.08. The maximum atomic E-state index is 12.2. The smallest absolute Gasteiger partial charge is 0.336 e. The van der Waals surface area contributed by atoms with Crippen LogP contribution in [0.4, 0.5) is 0 Å². The molecule has 0 aliphatic carbocycles. The minimum Gasteiger partial charge on any atom is -0.457 e. The van der Waals surface area contributed by atoms with Gasteiger partial charge in [-0.05, 0) is 16.7 Å². The number of fused-ring (bicyclic) bond motifs is 1. The number of carbonyl (C=O) groups excluding carboxylic acids is 1. The highest BCUT2D eigenvalue weighted by Gasteiger charge is 2.15. The molecule has 3 nitrogen and oxygen atoms in total. The van der Waals surface area contributed by atoms with Gasteiger partial charge in [0.1, 0.15) is 6.61 Å². The van der Waals surface area contributed by atoms with Crippen molar-refractivity contribution in [2.45, 2.75) is 13.0 Å². The third-order valence-corrected chi connectivity index (χ3v) is 3.35. The van der Waals surface area contributed by atoms with E-state index in [0.717, 1.165) is 16.7 Å². The summed E-state index contributed by atoms with van der Waals surface area (Å²) < 4.78 is 5.36. The summed E-state index contributed by atoms with van der Waals surface area (Å²) in [6, 6.07) is 17.6. The molecule has 0 amide bonds. The maximum absolute atomic E-state index is 12.2. The van der Waals surface area contributed by atoms with E-state index in [4.69, 9.17) is 4.74 Å². The molecule has 0 aromatic heterocycles. The van der Waals surface area contributed by atoms with Crippen LogP contribution in [0.25, 0.3) is 0 Å². The van der Waals surface area contributed by atoms with Crippen LogP contribution in [0.15, 0.2) is 71.4 Å². The molecule has 0 saturated heterocycles. The van der Waals surface area contributed by atoms with E-state index in [1.807, 2.05) is 54.6 Å². The van der Waals surface area contributed by atoms with E-state index in [2.05, 4.69) is 4.99 Å². The Balaban J connectivity index is 1.69. The van der Waals surface area contributed by atoms with Gasteiger partial charge >= 0.3 is 5.97 Å². The molecule has 21 heavy (non-hydrogen) atoms. The second kappa shape index (κ2) is 6.18. The fraction of sp³-hybridized carbons (Fsp3) is 0.111. The number of aliphatic imine (C=N–C) groups is 1. The monoisotopic (exact) mass is 277 g/mol. The number of esters is 1. The van der Waals surface area contributed by atoms with Crippen molar-refractivity contribution in [3.05, 3.63) is 83.1 Å². The van der Waals surface area contributed by atoms with Gasteiger partial charge in [-0.3, -0.25) is 4.99 Å². The average molecular weight is 277 g/mol. The molecule has 1 aliphatic heterocycles. The number of ether oxygens (including phenoxy) is 1. The first-order chi connectivity index (χ1) is 10.3. The summed E-state index contributed by atoms with van der Waals surface area (Å²) in [6.07, 6.45) is 3.91. The van der Waals surface area contributed by atoms with Crippen molar-refractivity contribution in [3.63, 3.8) is 0 Å². The SMILES string of the molecule is O=C(OCc1ccccc1)C1=CN=Cc2ccccc2C1. The minimum atomic E-state index is -0.312. The zero-order valence-electron chi connectivity index (χ0n) is 11.5. The van der Waals surface area contributed by atoms with Gasteiger partial charge in [-0.15, -0.1) is 0 Å². The topological polar surface area (TPSA) is 38.7 Å². The van der Waals surface area contributed by atoms with Crippen molar-refractivity contribution < 1.29 is 9.53 Å². The van der Waals surface area contributed by atoms with Gasteiger partial charge < -0.3 is 4.74 Å². The van der Waals surface area contributed by atoms with Gasteiger partial charge in [0.15, 0.2) is 0 Å². The average Bonchev–Trinajstić information content (AvgIpc) is 2.76. The lowest BCUT2D eigenvalue weighted by atomic mass is 10.0. The number of carbonyl (C=O) groups is 1. The largest absolute Gasteiger partial charge is 0.457 e. The second-order valence-electron chi connectivity index (χ2n) is 4.87. The van der Waals surface area contributed by atoms with Gasteiger partial charge in [-0.2, -0.15) is 0 Å². The molecule has 0 radical (unpaired) electrons. The first-order valence-corrected chi connectivity index (χ1v) is 6.84. The van der Waals surface area contributed by atoms with Gasteiger partial charge in [0.25, 0.3) is 0 Å². The molecule has 1 heterocycles. The van der Waals surface area contributed by atoms with E-state index in [1.54, 1.807) is 12.4 Å². The minimum absolute atomic E-state index is 0.280. The molecule has 2 aromatic carbocycles. The molecule has 3 heteroatoms. The zero-order valence-corrected chi connectivity index (χ0v) is 11.5. The van der Waals surface area contributed by atoms with E-state index >= 15 is 0 Å². The summed E-state index contributed by atoms with van der Waals surface area (Å²) in [5.74, 6) is -0.312. The molecule has 104 valence electrons. The van der Waals surface area contributed by atoms with Crippen molar-refractivity contribution in [1.29, 1.82) is 0 Å². The molecule has 0 bridgehead atoms. The number of hydrogen-bond donors (Lipinski definition) is 0. The lowest BCUT2D eigenvalue weighted by molar-refractivity contribution is -0.140. The summed E-state index contributed by atoms with van der Waals surface area (Å²) in [5.41, 5.74) is 3.68. The number of benzene rings is 2. The van der Waals surface area contributed by atoms with Gasteiger partial charge in [-0.1, -0.05) is 54.6 Å². The van der Waals surface area contributed by atoms with Crippen molar-refractivity contribution in [2.24, 2.45) is 4.99 Å². The fourth-order valence-corrected chi connectivity index (χ4v) is 2.22. The molecule has 0 fully saturated rings. The van der Waals surface area contributed by atoms with Crippen molar-refractivity contribution in [3.8, 4) is 0 Å². The highest BCUT2D eigenvalue weighted by atomic mass is 16.5. The molecule has 0 atom stereocenters. The number of nitrogens with zero attached hydrogens (tertiary/aromatic N) is 1. The summed E-state index contributed by atoms with van der Waals surface area (Å²) in [6.45, 7) is 0.280. The predicted octanol–water partition coefficient (Wildman–Crippen LogP) is 3.29. The van der Waals surface area contributed by atoms with Crippen molar-refractivity contribution in [1.82, 2.24) is 0 Å². The van der Waals surface area contributed by atoms with Crippen LogP contribution in [0, 0.1) is 0 Å². The molecular weight excluding hydrogens is 262 g/mol. The van der Waals surface area contributed by atoms with Gasteiger partial charge in [0.05, 0.1) is 5.57 Å². The van der Waals surface area contributed by atoms with Gasteiger partial charge in [0.2, 0.25) is 0 Å². The molecule has 0 unspecified atom stereocenters. The summed E-state index contributed by atoms with van der Waals surface area (Å²) in [4.78, 5) is 16.4. The molecule has 0 saturated carbocycles. The van der Waals surface area contributed by atoms with Crippen LogP contribution in [0.1, 0.15) is 16.7 Å². The molecule has 0 N–H and O–H groups in total. The fourth-order valence-electron chi connectivity index (χ4n) is 2.22. The van der Waals surface area contributed by atoms with E-state index in [1.165, 1.54) is 0 Å². The summed E-state index contributed by atoms with van der Waals surface area (Å²) in [5, 5.41) is 0. The zero-order chi connectivity index (χ0) is 14.5. The molecule has 2 aromatic rings. The van der Waals surface area contributed by atoms with Crippen LogP contribution in [0.3, 0.4) is 0 Å². The maximum Gasteiger partial charge on any atom is 0.336 e. The standard InChI is InChI=1S/C18H15NO2/c20-18(21-13-14-6-2-1-3-7-14)17-10-15-8-4-5-9-16(15)11-19-12-17/h1-9,11-12H,10,13H2. The lowest BCUT2D eigenvalue weighted by Crippen LogP contribution is -2.10. The van der Waals surface area contributed by atoms with Crippen LogP contribution < -0.4 is 0 Å². The molecule has 1 aliphatic rings. The normalized spacial score (nSPS) is 13.0. The van der Waals surface area contributed by atoms with Crippen molar-refractivity contribution in [2.75, 3.05) is 0 Å². The van der Waals surface area contributed by atoms with Crippen LogP contribution in [0.2, 0.25) is 0 Å². The van der Waals surface area contributed by atoms with E-state index in [9.17, 15) is 4.79 Å². The van der Waals surface area contributed by atoms with Crippen LogP contribution in [0.5, 0.6) is 0 Å². The van der Waals surface area contributed by atoms with Gasteiger partial charge in [-0.25, -0.2) is 4.79 Å².